The predicted molar refractivity (Wildman–Crippen MR) is 222 cm³/mol. The van der Waals surface area contributed by atoms with Gasteiger partial charge in [0.15, 0.2) is 34.9 Å². The van der Waals surface area contributed by atoms with Crippen LogP contribution in [-0.2, 0) is 5.41 Å². The molecule has 2 heterocycles. The molecule has 0 N–H and O–H groups in total. The highest BCUT2D eigenvalue weighted by atomic mass is 15.0. The van der Waals surface area contributed by atoms with Crippen LogP contribution in [-0.4, -0.2) is 29.9 Å². The van der Waals surface area contributed by atoms with Gasteiger partial charge in [-0.25, -0.2) is 29.9 Å². The minimum atomic E-state index is 0.139. The van der Waals surface area contributed by atoms with Crippen LogP contribution < -0.4 is 0 Å². The van der Waals surface area contributed by atoms with Crippen LogP contribution >= 0.6 is 0 Å². The van der Waals surface area contributed by atoms with Crippen LogP contribution in [0.4, 0.5) is 0 Å². The highest BCUT2D eigenvalue weighted by Crippen LogP contribution is 2.56. The topological polar surface area (TPSA) is 77.3 Å². The van der Waals surface area contributed by atoms with Gasteiger partial charge < -0.3 is 0 Å². The predicted octanol–water partition coefficient (Wildman–Crippen LogP) is 11.8. The first-order valence-corrected chi connectivity index (χ1v) is 20.6. The van der Waals surface area contributed by atoms with Crippen LogP contribution in [0.25, 0.3) is 68.3 Å². The summed E-state index contributed by atoms with van der Waals surface area (Å²) in [5.41, 5.74) is 8.76. The summed E-state index contributed by atoms with van der Waals surface area (Å²) in [6.45, 7) is 0. The fourth-order valence-electron chi connectivity index (χ4n) is 10.6. The lowest BCUT2D eigenvalue weighted by Gasteiger charge is -2.28. The van der Waals surface area contributed by atoms with Crippen molar-refractivity contribution >= 4 is 0 Å². The Morgan fingerprint density at radius 2 is 0.839 bits per heavy atom. The molecule has 56 heavy (non-hydrogen) atoms. The second-order valence-corrected chi connectivity index (χ2v) is 16.8. The summed E-state index contributed by atoms with van der Waals surface area (Å²) in [5.74, 6) is 7.23. The number of benzene rings is 5. The quantitative estimate of drug-likeness (QED) is 0.155. The van der Waals surface area contributed by atoms with E-state index in [1.54, 1.807) is 0 Å². The number of rotatable bonds is 8. The average Bonchev–Trinajstić information content (AvgIpc) is 4.11. The second kappa shape index (κ2) is 13.7. The molecule has 4 bridgehead atoms. The minimum absolute atomic E-state index is 0.139. The molecule has 0 saturated heterocycles. The number of aromatic nitrogens is 6. The normalized spacial score (nSPS) is 23.5. The lowest BCUT2D eigenvalue weighted by atomic mass is 9.76. The van der Waals surface area contributed by atoms with Gasteiger partial charge in [-0.1, -0.05) is 122 Å². The van der Waals surface area contributed by atoms with Crippen LogP contribution in [0.2, 0.25) is 0 Å². The monoisotopic (exact) mass is 728 g/mol. The largest absolute Gasteiger partial charge is 0.208 e. The van der Waals surface area contributed by atoms with E-state index in [2.05, 4.69) is 78.9 Å². The zero-order valence-electron chi connectivity index (χ0n) is 31.6. The van der Waals surface area contributed by atoms with Gasteiger partial charge >= 0.3 is 0 Å². The smallest absolute Gasteiger partial charge is 0.164 e. The van der Waals surface area contributed by atoms with Crippen LogP contribution in [0, 0.1) is 17.8 Å². The second-order valence-electron chi connectivity index (χ2n) is 16.8. The third-order valence-electron chi connectivity index (χ3n) is 13.5. The molecule has 4 aliphatic carbocycles. The molecule has 6 nitrogen and oxygen atoms in total. The third-order valence-corrected chi connectivity index (χ3v) is 13.5. The van der Waals surface area contributed by atoms with Gasteiger partial charge in [-0.15, -0.1) is 0 Å². The molecule has 4 fully saturated rings. The first-order valence-electron chi connectivity index (χ1n) is 20.6. The maximum Gasteiger partial charge on any atom is 0.164 e. The molecule has 0 radical (unpaired) electrons. The van der Waals surface area contributed by atoms with Crippen LogP contribution in [0.1, 0.15) is 74.8 Å². The summed E-state index contributed by atoms with van der Waals surface area (Å²) in [6.07, 6.45) is 11.7. The molecule has 3 atom stereocenters. The SMILES string of the molecule is c1ccc(-c2nc(-c3ccccc3)nc(-c3cc(-c4nc(-c5ccccc5)nc(-c5ccc(C6CC7CCC6C7)cc5)n4)cc(C45CCC(CC4)C5)c3)n2)cc1. The number of hydrogen-bond donors (Lipinski definition) is 0. The molecule has 2 aromatic heterocycles. The first-order chi connectivity index (χ1) is 27.6. The van der Waals surface area contributed by atoms with Gasteiger partial charge in [0.05, 0.1) is 0 Å². The fraction of sp³-hybridized carbons (Fsp3) is 0.280. The molecule has 11 rings (SSSR count). The van der Waals surface area contributed by atoms with E-state index in [1.165, 1.54) is 68.9 Å². The Morgan fingerprint density at radius 3 is 1.23 bits per heavy atom. The minimum Gasteiger partial charge on any atom is -0.208 e. The van der Waals surface area contributed by atoms with Crippen molar-refractivity contribution in [1.82, 2.24) is 29.9 Å². The van der Waals surface area contributed by atoms with Gasteiger partial charge in [0.2, 0.25) is 0 Å². The van der Waals surface area contributed by atoms with Crippen molar-refractivity contribution < 1.29 is 0 Å². The summed E-state index contributed by atoms with van der Waals surface area (Å²) in [7, 11) is 0. The Balaban J connectivity index is 1.07. The molecule has 0 amide bonds. The third kappa shape index (κ3) is 6.12. The van der Waals surface area contributed by atoms with E-state index in [9.17, 15) is 0 Å². The standard InChI is InChI=1S/C50H44N6/c1-4-10-35(11-5-1)44-51-45(36-12-6-2-7-13-36)54-48(53-44)40-28-41(30-42(29-40)50-24-22-32(31-50)23-25-50)49-55-46(37-14-8-3-9-15-37)52-47(56-49)38-20-18-34(19-21-38)43-27-33-16-17-39(43)26-33/h1-15,18-21,28-30,32-33,39,43H,16-17,22-27,31H2. The Kier molecular flexibility index (Phi) is 8.18. The van der Waals surface area contributed by atoms with Crippen LogP contribution in [0.5, 0.6) is 0 Å². The van der Waals surface area contributed by atoms with Crippen molar-refractivity contribution in [3.8, 4) is 68.3 Å². The van der Waals surface area contributed by atoms with E-state index >= 15 is 0 Å². The highest BCUT2D eigenvalue weighted by molar-refractivity contribution is 5.74. The maximum atomic E-state index is 5.28. The lowest BCUT2D eigenvalue weighted by Crippen LogP contribution is -2.20. The summed E-state index contributed by atoms with van der Waals surface area (Å²) in [6, 6.07) is 46.7. The Labute approximate surface area is 328 Å². The molecule has 4 saturated carbocycles. The van der Waals surface area contributed by atoms with Crippen molar-refractivity contribution in [1.29, 1.82) is 0 Å². The molecule has 4 aliphatic rings. The first kappa shape index (κ1) is 33.5. The van der Waals surface area contributed by atoms with Crippen molar-refractivity contribution in [2.45, 2.75) is 69.1 Å². The summed E-state index contributed by atoms with van der Waals surface area (Å²) >= 11 is 0. The van der Waals surface area contributed by atoms with E-state index in [0.29, 0.717) is 40.9 Å². The number of hydrogen-bond acceptors (Lipinski definition) is 6. The molecule has 7 aromatic rings. The van der Waals surface area contributed by atoms with Crippen LogP contribution in [0.3, 0.4) is 0 Å². The maximum absolute atomic E-state index is 5.28. The Hall–Kier alpha value is -5.88. The van der Waals surface area contributed by atoms with Crippen molar-refractivity contribution in [3.63, 3.8) is 0 Å². The average molecular weight is 729 g/mol. The van der Waals surface area contributed by atoms with Gasteiger partial charge in [0, 0.05) is 33.4 Å². The summed E-state index contributed by atoms with van der Waals surface area (Å²) in [5, 5.41) is 0. The van der Waals surface area contributed by atoms with E-state index < -0.39 is 0 Å². The zero-order chi connectivity index (χ0) is 37.1. The molecule has 274 valence electrons. The van der Waals surface area contributed by atoms with Crippen LogP contribution in [0.15, 0.2) is 133 Å². The van der Waals surface area contributed by atoms with E-state index in [4.69, 9.17) is 29.9 Å². The molecule has 3 unspecified atom stereocenters. The zero-order valence-corrected chi connectivity index (χ0v) is 31.6. The van der Waals surface area contributed by atoms with Gasteiger partial charge in [-0.3, -0.25) is 0 Å². The van der Waals surface area contributed by atoms with E-state index in [1.807, 2.05) is 54.6 Å². The van der Waals surface area contributed by atoms with Gasteiger partial charge in [0.25, 0.3) is 0 Å². The molecule has 5 aromatic carbocycles. The Bertz CT molecular complexity index is 2470. The fourth-order valence-corrected chi connectivity index (χ4v) is 10.6. The summed E-state index contributed by atoms with van der Waals surface area (Å²) in [4.78, 5) is 31.0. The van der Waals surface area contributed by atoms with Gasteiger partial charge in [0.1, 0.15) is 0 Å². The molecule has 6 heteroatoms. The molecule has 0 aliphatic heterocycles. The summed E-state index contributed by atoms with van der Waals surface area (Å²) < 4.78 is 0. The molecular weight excluding hydrogens is 685 g/mol. The van der Waals surface area contributed by atoms with Crippen molar-refractivity contribution in [2.24, 2.45) is 17.8 Å². The number of fused-ring (bicyclic) bond motifs is 4. The Morgan fingerprint density at radius 1 is 0.393 bits per heavy atom. The van der Waals surface area contributed by atoms with Crippen molar-refractivity contribution in [2.75, 3.05) is 0 Å². The highest BCUT2D eigenvalue weighted by Gasteiger charge is 2.46. The molecule has 0 spiro atoms. The lowest BCUT2D eigenvalue weighted by molar-refractivity contribution is 0.419. The number of nitrogens with zero attached hydrogens (tertiary/aromatic N) is 6. The van der Waals surface area contributed by atoms with E-state index in [0.717, 1.165) is 51.1 Å². The molecular formula is C50H44N6. The van der Waals surface area contributed by atoms with Gasteiger partial charge in [-0.2, -0.15) is 0 Å². The van der Waals surface area contributed by atoms with E-state index in [-0.39, 0.29) is 5.41 Å². The van der Waals surface area contributed by atoms with Crippen molar-refractivity contribution in [3.05, 3.63) is 145 Å². The van der Waals surface area contributed by atoms with Gasteiger partial charge in [-0.05, 0) is 110 Å².